The zero-order chi connectivity index (χ0) is 21.4. The molecule has 4 nitrogen and oxygen atoms in total. The van der Waals surface area contributed by atoms with Gasteiger partial charge in [0.2, 0.25) is 0 Å². The molecular formula is C25H37FN2O2. The fourth-order valence-electron chi connectivity index (χ4n) is 3.20. The van der Waals surface area contributed by atoms with Crippen molar-refractivity contribution in [3.63, 3.8) is 0 Å². The van der Waals surface area contributed by atoms with Crippen LogP contribution in [-0.4, -0.2) is 29.4 Å². The van der Waals surface area contributed by atoms with Crippen LogP contribution in [0.5, 0.6) is 11.5 Å². The molecule has 1 aromatic carbocycles. The monoisotopic (exact) mass is 416 g/mol. The lowest BCUT2D eigenvalue weighted by Crippen LogP contribution is -2.07. The first kappa shape index (κ1) is 24.1. The summed E-state index contributed by atoms with van der Waals surface area (Å²) >= 11 is 0. The fraction of sp³-hybridized carbons (Fsp3) is 0.600. The van der Waals surface area contributed by atoms with Gasteiger partial charge in [-0.2, -0.15) is 0 Å². The molecule has 2 aromatic rings. The molecular weight excluding hydrogens is 379 g/mol. The molecule has 0 fully saturated rings. The van der Waals surface area contributed by atoms with Crippen LogP contribution in [0.25, 0.3) is 11.4 Å². The second kappa shape index (κ2) is 14.8. The lowest BCUT2D eigenvalue weighted by molar-refractivity contribution is 0.223. The Kier molecular flexibility index (Phi) is 11.9. The van der Waals surface area contributed by atoms with Gasteiger partial charge in [0.1, 0.15) is 11.9 Å². The maximum Gasteiger partial charge on any atom is 0.159 e. The van der Waals surface area contributed by atoms with Crippen molar-refractivity contribution >= 4 is 0 Å². The summed E-state index contributed by atoms with van der Waals surface area (Å²) in [4.78, 5) is 8.80. The van der Waals surface area contributed by atoms with E-state index >= 15 is 0 Å². The molecule has 0 aliphatic heterocycles. The van der Waals surface area contributed by atoms with Crippen molar-refractivity contribution in [3.8, 4) is 22.9 Å². The van der Waals surface area contributed by atoms with Crippen molar-refractivity contribution in [1.82, 2.24) is 9.97 Å². The number of unbranched alkanes of at least 4 members (excludes halogenated alkanes) is 6. The van der Waals surface area contributed by atoms with E-state index in [2.05, 4.69) is 23.8 Å². The van der Waals surface area contributed by atoms with Gasteiger partial charge in [0.15, 0.2) is 11.6 Å². The Hall–Kier alpha value is -2.17. The van der Waals surface area contributed by atoms with Gasteiger partial charge in [0.25, 0.3) is 0 Å². The maximum absolute atomic E-state index is 13.8. The first-order valence-corrected chi connectivity index (χ1v) is 11.5. The first-order valence-electron chi connectivity index (χ1n) is 11.5. The quantitative estimate of drug-likeness (QED) is 0.272. The van der Waals surface area contributed by atoms with Crippen LogP contribution in [0.1, 0.15) is 78.1 Å². The number of alkyl halides is 1. The van der Waals surface area contributed by atoms with Gasteiger partial charge in [0, 0.05) is 12.0 Å². The number of aromatic nitrogens is 2. The lowest BCUT2D eigenvalue weighted by Gasteiger charge is -2.10. The van der Waals surface area contributed by atoms with Crippen LogP contribution in [0, 0.1) is 0 Å². The average Bonchev–Trinajstić information content (AvgIpc) is 2.77. The minimum atomic E-state index is -0.777. The molecule has 0 spiro atoms. The van der Waals surface area contributed by atoms with Crippen LogP contribution < -0.4 is 9.47 Å². The smallest absolute Gasteiger partial charge is 0.159 e. The van der Waals surface area contributed by atoms with Crippen molar-refractivity contribution < 1.29 is 13.9 Å². The second-order valence-corrected chi connectivity index (χ2v) is 7.76. The normalized spacial score (nSPS) is 12.0. The van der Waals surface area contributed by atoms with Gasteiger partial charge in [-0.1, -0.05) is 58.8 Å². The zero-order valence-corrected chi connectivity index (χ0v) is 18.6. The number of ether oxygens (including phenoxy) is 2. The molecule has 0 aliphatic carbocycles. The van der Waals surface area contributed by atoms with Crippen molar-refractivity contribution in [2.45, 2.75) is 84.2 Å². The Balaban J connectivity index is 1.71. The van der Waals surface area contributed by atoms with Crippen LogP contribution in [0.15, 0.2) is 36.7 Å². The number of hydrogen-bond acceptors (Lipinski definition) is 4. The molecule has 0 saturated heterocycles. The summed E-state index contributed by atoms with van der Waals surface area (Å²) in [7, 11) is 0. The third kappa shape index (κ3) is 9.55. The van der Waals surface area contributed by atoms with Crippen LogP contribution >= 0.6 is 0 Å². The Bertz CT molecular complexity index is 677. The molecule has 2 rings (SSSR count). The molecule has 0 bridgehead atoms. The van der Waals surface area contributed by atoms with Crippen molar-refractivity contribution in [2.75, 3.05) is 13.2 Å². The third-order valence-corrected chi connectivity index (χ3v) is 5.08. The summed E-state index contributed by atoms with van der Waals surface area (Å²) in [5.41, 5.74) is 0.913. The number of hydrogen-bond donors (Lipinski definition) is 0. The number of rotatable bonds is 16. The highest BCUT2D eigenvalue weighted by atomic mass is 19.1. The van der Waals surface area contributed by atoms with Crippen molar-refractivity contribution in [3.05, 3.63) is 36.7 Å². The Morgan fingerprint density at radius 3 is 2.07 bits per heavy atom. The molecule has 0 radical (unpaired) electrons. The van der Waals surface area contributed by atoms with Gasteiger partial charge in [-0.25, -0.2) is 14.4 Å². The van der Waals surface area contributed by atoms with E-state index in [-0.39, 0.29) is 0 Å². The van der Waals surface area contributed by atoms with E-state index in [9.17, 15) is 4.39 Å². The standard InChI is InChI=1S/C25H37FN2O2/c1-3-5-7-8-10-17-29-24-19-27-25(28-20-24)21-12-14-23(15-13-21)30-18-16-22(26)11-9-6-4-2/h12-15,19-20,22H,3-11,16-18H2,1-2H3. The number of halogens is 1. The second-order valence-electron chi connectivity index (χ2n) is 7.76. The third-order valence-electron chi connectivity index (χ3n) is 5.08. The average molecular weight is 417 g/mol. The molecule has 0 aliphatic rings. The SMILES string of the molecule is CCCCCCCOc1cnc(-c2ccc(OCCC(F)CCCCC)cc2)nc1. The molecule has 0 N–H and O–H groups in total. The number of benzene rings is 1. The Labute approximate surface area is 181 Å². The molecule has 166 valence electrons. The highest BCUT2D eigenvalue weighted by Gasteiger charge is 2.07. The van der Waals surface area contributed by atoms with E-state index in [1.54, 1.807) is 12.4 Å². The van der Waals surface area contributed by atoms with Gasteiger partial charge in [-0.15, -0.1) is 0 Å². The van der Waals surface area contributed by atoms with Gasteiger partial charge < -0.3 is 9.47 Å². The number of nitrogens with zero attached hydrogens (tertiary/aromatic N) is 2. The largest absolute Gasteiger partial charge is 0.493 e. The molecule has 0 saturated carbocycles. The van der Waals surface area contributed by atoms with E-state index in [4.69, 9.17) is 9.47 Å². The Morgan fingerprint density at radius 2 is 1.37 bits per heavy atom. The van der Waals surface area contributed by atoms with E-state index in [0.717, 1.165) is 37.0 Å². The van der Waals surface area contributed by atoms with E-state index < -0.39 is 6.17 Å². The highest BCUT2D eigenvalue weighted by molar-refractivity contribution is 5.56. The molecule has 1 atom stereocenters. The minimum absolute atomic E-state index is 0.396. The predicted octanol–water partition coefficient (Wildman–Crippen LogP) is 7.18. The zero-order valence-electron chi connectivity index (χ0n) is 18.6. The molecule has 1 unspecified atom stereocenters. The van der Waals surface area contributed by atoms with Crippen LogP contribution in [0.2, 0.25) is 0 Å². The van der Waals surface area contributed by atoms with Gasteiger partial charge in [-0.3, -0.25) is 0 Å². The molecule has 5 heteroatoms. The van der Waals surface area contributed by atoms with Crippen LogP contribution in [0.3, 0.4) is 0 Å². The van der Waals surface area contributed by atoms with E-state index in [1.807, 2.05) is 24.3 Å². The van der Waals surface area contributed by atoms with Crippen LogP contribution in [-0.2, 0) is 0 Å². The summed E-state index contributed by atoms with van der Waals surface area (Å²) in [5.74, 6) is 2.09. The van der Waals surface area contributed by atoms with Crippen molar-refractivity contribution in [2.24, 2.45) is 0 Å². The fourth-order valence-corrected chi connectivity index (χ4v) is 3.20. The van der Waals surface area contributed by atoms with Gasteiger partial charge in [-0.05, 0) is 37.1 Å². The summed E-state index contributed by atoms with van der Waals surface area (Å²) in [5, 5.41) is 0. The molecule has 1 aromatic heterocycles. The molecule has 30 heavy (non-hydrogen) atoms. The van der Waals surface area contributed by atoms with E-state index in [1.165, 1.54) is 25.7 Å². The van der Waals surface area contributed by atoms with Crippen molar-refractivity contribution in [1.29, 1.82) is 0 Å². The molecule has 0 amide bonds. The van der Waals surface area contributed by atoms with E-state index in [0.29, 0.717) is 37.6 Å². The predicted molar refractivity (Wildman–Crippen MR) is 121 cm³/mol. The maximum atomic E-state index is 13.8. The Morgan fingerprint density at radius 1 is 0.733 bits per heavy atom. The van der Waals surface area contributed by atoms with Gasteiger partial charge >= 0.3 is 0 Å². The van der Waals surface area contributed by atoms with Gasteiger partial charge in [0.05, 0.1) is 25.6 Å². The summed E-state index contributed by atoms with van der Waals surface area (Å²) in [6.07, 6.45) is 13.0. The first-order chi connectivity index (χ1) is 14.7. The summed E-state index contributed by atoms with van der Waals surface area (Å²) < 4.78 is 25.2. The topological polar surface area (TPSA) is 44.2 Å². The molecule has 1 heterocycles. The lowest BCUT2D eigenvalue weighted by atomic mass is 10.1. The summed E-state index contributed by atoms with van der Waals surface area (Å²) in [6, 6.07) is 7.60. The summed E-state index contributed by atoms with van der Waals surface area (Å²) in [6.45, 7) is 5.45. The van der Waals surface area contributed by atoms with Crippen LogP contribution in [0.4, 0.5) is 4.39 Å². The minimum Gasteiger partial charge on any atom is -0.493 e. The highest BCUT2D eigenvalue weighted by Crippen LogP contribution is 2.21.